The second kappa shape index (κ2) is 13.4. The molecule has 5 rings (SSSR count). The number of nitrogens with one attached hydrogen (secondary N) is 2. The van der Waals surface area contributed by atoms with E-state index in [9.17, 15) is 14.0 Å². The van der Waals surface area contributed by atoms with E-state index >= 15 is 0 Å². The zero-order valence-corrected chi connectivity index (χ0v) is 23.8. The third-order valence-corrected chi connectivity index (χ3v) is 8.00. The van der Waals surface area contributed by atoms with Crippen LogP contribution in [-0.4, -0.2) is 71.9 Å². The first-order valence-electron chi connectivity index (χ1n) is 14.0. The number of amides is 2. The number of rotatable bonds is 8. The smallest absolute Gasteiger partial charge is 0.407 e. The van der Waals surface area contributed by atoms with Crippen LogP contribution in [0.15, 0.2) is 54.9 Å². The highest BCUT2D eigenvalue weighted by Gasteiger charge is 2.35. The molecule has 0 spiro atoms. The van der Waals surface area contributed by atoms with Gasteiger partial charge in [-0.15, -0.1) is 0 Å². The van der Waals surface area contributed by atoms with Crippen molar-refractivity contribution in [3.8, 4) is 17.0 Å². The number of aromatic nitrogens is 2. The van der Waals surface area contributed by atoms with Gasteiger partial charge in [0.2, 0.25) is 0 Å². The number of methoxy groups -OCH3 is 1. The second-order valence-corrected chi connectivity index (χ2v) is 10.8. The predicted molar refractivity (Wildman–Crippen MR) is 154 cm³/mol. The Bertz CT molecular complexity index is 1330. The Morgan fingerprint density at radius 3 is 2.76 bits per heavy atom. The summed E-state index contributed by atoms with van der Waals surface area (Å²) in [6.07, 6.45) is 5.47. The van der Waals surface area contributed by atoms with Crippen LogP contribution in [0.5, 0.6) is 5.75 Å². The molecule has 2 aliphatic rings. The minimum atomic E-state index is -0.467. The zero-order valence-electron chi connectivity index (χ0n) is 23.0. The standard InChI is InChI=1S/C30H35ClFN5O4/c1-40-30(39)35-25-9-5-6-10-26(25)37-19-34-27(28(37)20-7-3-2-4-8-20)29(38)36-13-12-33-18-23(36)11-14-41-24-16-21(31)15-22(32)17-24/h2-4,7-8,15-17,19,23,25-26,33H,5-6,9-14,18H2,1H3,(H,35,39)/t23-,25+,26+/m1/s1. The molecule has 218 valence electrons. The molecule has 41 heavy (non-hydrogen) atoms. The molecule has 1 saturated carbocycles. The van der Waals surface area contributed by atoms with Crippen molar-refractivity contribution < 1.29 is 23.5 Å². The van der Waals surface area contributed by atoms with Gasteiger partial charge >= 0.3 is 6.09 Å². The van der Waals surface area contributed by atoms with Crippen molar-refractivity contribution in [1.82, 2.24) is 25.1 Å². The number of benzene rings is 2. The molecule has 0 unspecified atom stereocenters. The van der Waals surface area contributed by atoms with E-state index in [-0.39, 0.29) is 29.1 Å². The highest BCUT2D eigenvalue weighted by atomic mass is 35.5. The summed E-state index contributed by atoms with van der Waals surface area (Å²) in [5.74, 6) is -0.268. The van der Waals surface area contributed by atoms with Crippen LogP contribution >= 0.6 is 11.6 Å². The van der Waals surface area contributed by atoms with Gasteiger partial charge in [0, 0.05) is 48.7 Å². The summed E-state index contributed by atoms with van der Waals surface area (Å²) in [5, 5.41) is 6.62. The van der Waals surface area contributed by atoms with Gasteiger partial charge in [-0.1, -0.05) is 54.8 Å². The zero-order chi connectivity index (χ0) is 28.8. The quantitative estimate of drug-likeness (QED) is 0.384. The normalized spacial score (nSPS) is 20.9. The van der Waals surface area contributed by atoms with E-state index in [0.29, 0.717) is 44.1 Å². The van der Waals surface area contributed by atoms with E-state index in [1.165, 1.54) is 19.2 Å². The van der Waals surface area contributed by atoms with Crippen LogP contribution in [-0.2, 0) is 4.74 Å². The Kier molecular flexibility index (Phi) is 9.41. The molecule has 2 amide bonds. The summed E-state index contributed by atoms with van der Waals surface area (Å²) in [4.78, 5) is 32.8. The lowest BCUT2D eigenvalue weighted by Gasteiger charge is -2.36. The van der Waals surface area contributed by atoms with E-state index < -0.39 is 11.9 Å². The fraction of sp³-hybridized carbons (Fsp3) is 0.433. The van der Waals surface area contributed by atoms with E-state index in [1.54, 1.807) is 12.4 Å². The molecule has 3 aromatic rings. The molecule has 9 nitrogen and oxygen atoms in total. The molecule has 2 N–H and O–H groups in total. The van der Waals surface area contributed by atoms with Gasteiger partial charge in [-0.05, 0) is 25.0 Å². The fourth-order valence-electron chi connectivity index (χ4n) is 5.82. The van der Waals surface area contributed by atoms with E-state index in [0.717, 1.165) is 36.9 Å². The number of hydrogen-bond donors (Lipinski definition) is 2. The lowest BCUT2D eigenvalue weighted by atomic mass is 9.89. The third-order valence-electron chi connectivity index (χ3n) is 7.79. The number of carbonyl (C=O) groups excluding carboxylic acids is 2. The topological polar surface area (TPSA) is 97.7 Å². The maximum Gasteiger partial charge on any atom is 0.407 e. The first-order valence-corrected chi connectivity index (χ1v) is 14.4. The van der Waals surface area contributed by atoms with Gasteiger partial charge in [0.25, 0.3) is 5.91 Å². The molecule has 1 aliphatic carbocycles. The van der Waals surface area contributed by atoms with Gasteiger partial charge in [-0.3, -0.25) is 4.79 Å². The number of imidazole rings is 1. The average Bonchev–Trinajstić information content (AvgIpc) is 3.42. The summed E-state index contributed by atoms with van der Waals surface area (Å²) in [5.41, 5.74) is 2.00. The van der Waals surface area contributed by atoms with Crippen LogP contribution in [0.4, 0.5) is 9.18 Å². The SMILES string of the molecule is COC(=O)N[C@H]1CCCC[C@@H]1n1cnc(C(=O)N2CCNC[C@H]2CCOc2cc(F)cc(Cl)c2)c1-c1ccccc1. The van der Waals surface area contributed by atoms with Crippen LogP contribution in [0.3, 0.4) is 0 Å². The first-order chi connectivity index (χ1) is 19.9. The monoisotopic (exact) mass is 583 g/mol. The lowest BCUT2D eigenvalue weighted by Crippen LogP contribution is -2.54. The van der Waals surface area contributed by atoms with Crippen molar-refractivity contribution in [2.45, 2.75) is 50.2 Å². The minimum absolute atomic E-state index is 0.0718. The summed E-state index contributed by atoms with van der Waals surface area (Å²) in [7, 11) is 1.36. The first kappa shape index (κ1) is 28.9. The van der Waals surface area contributed by atoms with Crippen molar-refractivity contribution in [1.29, 1.82) is 0 Å². The van der Waals surface area contributed by atoms with Crippen molar-refractivity contribution in [2.75, 3.05) is 33.4 Å². The molecule has 1 aromatic heterocycles. The van der Waals surface area contributed by atoms with Crippen LogP contribution in [0.2, 0.25) is 5.02 Å². The Balaban J connectivity index is 1.40. The van der Waals surface area contributed by atoms with E-state index in [1.807, 2.05) is 35.2 Å². The summed E-state index contributed by atoms with van der Waals surface area (Å²) in [6, 6.07) is 13.5. The Morgan fingerprint density at radius 2 is 1.98 bits per heavy atom. The van der Waals surface area contributed by atoms with Crippen LogP contribution in [0.25, 0.3) is 11.3 Å². The highest BCUT2D eigenvalue weighted by molar-refractivity contribution is 6.30. The van der Waals surface area contributed by atoms with Gasteiger partial charge in [-0.2, -0.15) is 0 Å². The summed E-state index contributed by atoms with van der Waals surface area (Å²) < 4.78 is 26.4. The molecule has 11 heteroatoms. The number of carbonyl (C=O) groups is 2. The second-order valence-electron chi connectivity index (χ2n) is 10.4. The Morgan fingerprint density at radius 1 is 1.17 bits per heavy atom. The maximum absolute atomic E-state index is 14.2. The van der Waals surface area contributed by atoms with Crippen molar-refractivity contribution in [2.24, 2.45) is 0 Å². The van der Waals surface area contributed by atoms with E-state index in [2.05, 4.69) is 20.2 Å². The van der Waals surface area contributed by atoms with Crippen molar-refractivity contribution in [3.05, 3.63) is 71.4 Å². The Labute approximate surface area is 244 Å². The largest absolute Gasteiger partial charge is 0.493 e. The van der Waals surface area contributed by atoms with Gasteiger partial charge in [-0.25, -0.2) is 14.2 Å². The number of piperazine rings is 1. The molecule has 1 saturated heterocycles. The number of hydrogen-bond acceptors (Lipinski definition) is 6. The molecular formula is C30H35ClFN5O4. The van der Waals surface area contributed by atoms with Crippen molar-refractivity contribution >= 4 is 23.6 Å². The van der Waals surface area contributed by atoms with E-state index in [4.69, 9.17) is 21.1 Å². The molecule has 3 atom stereocenters. The van der Waals surface area contributed by atoms with Crippen LogP contribution < -0.4 is 15.4 Å². The molecule has 2 fully saturated rings. The Hall–Kier alpha value is -3.63. The highest BCUT2D eigenvalue weighted by Crippen LogP contribution is 2.35. The molecule has 1 aliphatic heterocycles. The van der Waals surface area contributed by atoms with Crippen molar-refractivity contribution in [3.63, 3.8) is 0 Å². The molecule has 2 aromatic carbocycles. The minimum Gasteiger partial charge on any atom is -0.493 e. The number of halogens is 2. The third kappa shape index (κ3) is 6.82. The fourth-order valence-corrected chi connectivity index (χ4v) is 6.03. The summed E-state index contributed by atoms with van der Waals surface area (Å²) in [6.45, 7) is 2.08. The van der Waals surface area contributed by atoms with Crippen LogP contribution in [0.1, 0.15) is 48.6 Å². The molecule has 0 radical (unpaired) electrons. The van der Waals surface area contributed by atoms with Gasteiger partial charge in [0.15, 0.2) is 5.69 Å². The maximum atomic E-state index is 14.2. The van der Waals surface area contributed by atoms with Crippen LogP contribution in [0, 0.1) is 5.82 Å². The molecular weight excluding hydrogens is 549 g/mol. The lowest BCUT2D eigenvalue weighted by molar-refractivity contribution is 0.0601. The number of ether oxygens (including phenoxy) is 2. The predicted octanol–water partition coefficient (Wildman–Crippen LogP) is 5.07. The van der Waals surface area contributed by atoms with Gasteiger partial charge < -0.3 is 29.6 Å². The van der Waals surface area contributed by atoms with Gasteiger partial charge in [0.05, 0.1) is 37.8 Å². The number of alkyl carbamates (subject to hydrolysis) is 1. The van der Waals surface area contributed by atoms with Gasteiger partial charge in [0.1, 0.15) is 11.6 Å². The summed E-state index contributed by atoms with van der Waals surface area (Å²) >= 11 is 5.96. The average molecular weight is 584 g/mol. The molecule has 2 heterocycles. The molecule has 0 bridgehead atoms. The number of nitrogens with zero attached hydrogens (tertiary/aromatic N) is 3.